The summed E-state index contributed by atoms with van der Waals surface area (Å²) in [5, 5.41) is 14.3. The Bertz CT molecular complexity index is 1440. The maximum atomic E-state index is 13.8. The Labute approximate surface area is 239 Å². The molecule has 4 rings (SSSR count). The number of aliphatic hydroxyl groups excluding tert-OH is 1. The highest BCUT2D eigenvalue weighted by atomic mass is 31.2. The lowest BCUT2D eigenvalue weighted by Gasteiger charge is -2.33. The van der Waals surface area contributed by atoms with E-state index in [0.717, 1.165) is 15.9 Å². The molecular weight excluding hydrogens is 541 g/mol. The largest absolute Gasteiger partial charge is 0.478 e. The summed E-state index contributed by atoms with van der Waals surface area (Å²) >= 11 is 0. The molecule has 1 N–H and O–H groups in total. The molecular formula is C32H31NO7P+. The second-order valence-corrected chi connectivity index (χ2v) is 12.2. The van der Waals surface area contributed by atoms with Crippen molar-refractivity contribution in [3.63, 3.8) is 0 Å². The molecule has 0 amide bonds. The second kappa shape index (κ2) is 13.1. The quantitative estimate of drug-likeness (QED) is 0.0939. The molecule has 0 bridgehead atoms. The first kappa shape index (κ1) is 29.3. The van der Waals surface area contributed by atoms with Crippen molar-refractivity contribution >= 4 is 40.9 Å². The van der Waals surface area contributed by atoms with E-state index in [1.165, 1.54) is 37.1 Å². The van der Waals surface area contributed by atoms with Gasteiger partial charge in [-0.25, -0.2) is 9.59 Å². The van der Waals surface area contributed by atoms with Gasteiger partial charge in [-0.1, -0.05) is 54.6 Å². The highest BCUT2D eigenvalue weighted by Crippen LogP contribution is 2.66. The maximum absolute atomic E-state index is 13.8. The van der Waals surface area contributed by atoms with Crippen molar-refractivity contribution < 1.29 is 33.7 Å². The minimum absolute atomic E-state index is 0.00594. The van der Waals surface area contributed by atoms with Crippen molar-refractivity contribution in [1.29, 1.82) is 0 Å². The summed E-state index contributed by atoms with van der Waals surface area (Å²) < 4.78 is 17.1. The first-order valence-corrected chi connectivity index (χ1v) is 14.7. The summed E-state index contributed by atoms with van der Waals surface area (Å²) in [6, 6.07) is 30.1. The molecule has 0 aliphatic heterocycles. The average molecular weight is 573 g/mol. The number of nitrogens with zero attached hydrogens (tertiary/aromatic N) is 1. The van der Waals surface area contributed by atoms with E-state index in [1.54, 1.807) is 6.92 Å². The topological polar surface area (TPSA) is 104 Å². The fraction of sp³-hybridized carbons (Fsp3) is 0.156. The molecule has 0 saturated carbocycles. The van der Waals surface area contributed by atoms with Crippen LogP contribution in [0.15, 0.2) is 121 Å². The Balaban J connectivity index is 2.17. The van der Waals surface area contributed by atoms with Gasteiger partial charge in [0.2, 0.25) is 5.31 Å². The molecule has 210 valence electrons. The van der Waals surface area contributed by atoms with Crippen LogP contribution in [0.4, 0.5) is 0 Å². The molecule has 0 spiro atoms. The van der Waals surface area contributed by atoms with Crippen molar-refractivity contribution in [3.8, 4) is 0 Å². The minimum Gasteiger partial charge on any atom is -0.478 e. The number of aromatic nitrogens is 1. The predicted octanol–water partition coefficient (Wildman–Crippen LogP) is 4.32. The fourth-order valence-corrected chi connectivity index (χ4v) is 9.51. The van der Waals surface area contributed by atoms with Crippen LogP contribution >= 0.6 is 7.26 Å². The molecule has 41 heavy (non-hydrogen) atoms. The van der Waals surface area contributed by atoms with Gasteiger partial charge in [-0.05, 0) is 55.5 Å². The first-order chi connectivity index (χ1) is 19.9. The highest BCUT2D eigenvalue weighted by molar-refractivity contribution is 7.99. The zero-order valence-corrected chi connectivity index (χ0v) is 23.9. The van der Waals surface area contributed by atoms with Crippen LogP contribution in [0.5, 0.6) is 0 Å². The number of aliphatic hydroxyl groups is 1. The van der Waals surface area contributed by atoms with Crippen molar-refractivity contribution in [3.05, 3.63) is 126 Å². The van der Waals surface area contributed by atoms with Crippen LogP contribution in [0.3, 0.4) is 0 Å². The van der Waals surface area contributed by atoms with Crippen molar-refractivity contribution in [2.24, 2.45) is 0 Å². The normalized spacial score (nSPS) is 12.6. The zero-order valence-electron chi connectivity index (χ0n) is 23.0. The van der Waals surface area contributed by atoms with Gasteiger partial charge in [0.1, 0.15) is 15.9 Å². The number of ketones is 1. The minimum atomic E-state index is -3.13. The zero-order chi connectivity index (χ0) is 29.4. The molecule has 3 aromatic carbocycles. The molecule has 0 fully saturated rings. The molecule has 4 aromatic rings. The van der Waals surface area contributed by atoms with Crippen LogP contribution in [0, 0.1) is 0 Å². The van der Waals surface area contributed by atoms with Crippen LogP contribution in [0.25, 0.3) is 0 Å². The van der Waals surface area contributed by atoms with Gasteiger partial charge in [-0.2, -0.15) is 0 Å². The van der Waals surface area contributed by atoms with Gasteiger partial charge in [0.25, 0.3) is 5.78 Å². The third-order valence-corrected chi connectivity index (χ3v) is 11.0. The van der Waals surface area contributed by atoms with Gasteiger partial charge >= 0.3 is 17.9 Å². The van der Waals surface area contributed by atoms with E-state index in [4.69, 9.17) is 14.2 Å². The Morgan fingerprint density at radius 2 is 1.24 bits per heavy atom. The van der Waals surface area contributed by atoms with Crippen molar-refractivity contribution in [2.45, 2.75) is 13.0 Å². The van der Waals surface area contributed by atoms with Crippen LogP contribution in [-0.2, 0) is 23.8 Å². The van der Waals surface area contributed by atoms with E-state index in [1.807, 2.05) is 91.0 Å². The molecule has 1 atom stereocenters. The second-order valence-electron chi connectivity index (χ2n) is 8.85. The Kier molecular flexibility index (Phi) is 9.37. The number of rotatable bonds is 11. The summed E-state index contributed by atoms with van der Waals surface area (Å²) in [4.78, 5) is 39.5. The van der Waals surface area contributed by atoms with Crippen LogP contribution in [0.1, 0.15) is 23.5 Å². The number of carbonyl (C=O) groups excluding carboxylic acids is 3. The van der Waals surface area contributed by atoms with E-state index in [0.29, 0.717) is 0 Å². The van der Waals surface area contributed by atoms with Gasteiger partial charge in [-0.3, -0.25) is 4.79 Å². The van der Waals surface area contributed by atoms with Gasteiger partial charge < -0.3 is 23.9 Å². The lowest BCUT2D eigenvalue weighted by molar-refractivity contribution is -0.143. The molecule has 0 aliphatic rings. The Hall–Kier alpha value is -4.68. The molecule has 1 aromatic heterocycles. The van der Waals surface area contributed by atoms with Gasteiger partial charge in [0, 0.05) is 6.20 Å². The smallest absolute Gasteiger partial charge is 0.381 e. The van der Waals surface area contributed by atoms with E-state index < -0.39 is 37.0 Å². The van der Waals surface area contributed by atoms with Gasteiger partial charge in [0.05, 0.1) is 26.5 Å². The fourth-order valence-electron chi connectivity index (χ4n) is 4.95. The standard InChI is InChI=1S/C32H30NO7P/c1-4-40-31(36)28(34)26-21-14-22-33(26)27(30(35)38-2)29(32(37)39-3)41(23-15-8-5-9-16-23,24-17-10-6-11-18-24)25-19-12-7-13-20-25/h5-22,27H,4H2,1-3H3/p+1/b32-29+. The Morgan fingerprint density at radius 3 is 1.66 bits per heavy atom. The first-order valence-electron chi connectivity index (χ1n) is 12.9. The van der Waals surface area contributed by atoms with E-state index >= 15 is 0 Å². The third kappa shape index (κ3) is 5.52. The van der Waals surface area contributed by atoms with Crippen molar-refractivity contribution in [2.75, 3.05) is 20.8 Å². The average Bonchev–Trinajstić information content (AvgIpc) is 3.51. The lowest BCUT2D eigenvalue weighted by atomic mass is 10.2. The number of esters is 2. The SMILES string of the molecule is CCOC(=O)C(=O)c1cccn1C(C(=O)OC)/C(=C(/O)OC)[P+](c1ccccc1)(c1ccccc1)c1ccccc1. The maximum Gasteiger partial charge on any atom is 0.381 e. The Morgan fingerprint density at radius 1 is 0.756 bits per heavy atom. The van der Waals surface area contributed by atoms with E-state index in [2.05, 4.69) is 0 Å². The summed E-state index contributed by atoms with van der Waals surface area (Å²) in [7, 11) is -0.603. The third-order valence-electron chi connectivity index (χ3n) is 6.64. The summed E-state index contributed by atoms with van der Waals surface area (Å²) in [6.45, 7) is 1.60. The number of hydrogen-bond acceptors (Lipinski definition) is 7. The summed E-state index contributed by atoms with van der Waals surface area (Å²) in [6.07, 6.45) is 1.49. The van der Waals surface area contributed by atoms with Crippen LogP contribution < -0.4 is 15.9 Å². The highest BCUT2D eigenvalue weighted by Gasteiger charge is 2.57. The summed E-state index contributed by atoms with van der Waals surface area (Å²) in [5.74, 6) is -3.28. The molecule has 8 nitrogen and oxygen atoms in total. The van der Waals surface area contributed by atoms with Crippen LogP contribution in [0.2, 0.25) is 0 Å². The van der Waals surface area contributed by atoms with Crippen molar-refractivity contribution in [1.82, 2.24) is 4.57 Å². The molecule has 0 saturated heterocycles. The molecule has 0 radical (unpaired) electrons. The van der Waals surface area contributed by atoms with E-state index in [-0.39, 0.29) is 17.6 Å². The summed E-state index contributed by atoms with van der Waals surface area (Å²) in [5.41, 5.74) is -0.104. The molecule has 1 unspecified atom stereocenters. The van der Waals surface area contributed by atoms with Gasteiger partial charge in [-0.15, -0.1) is 0 Å². The van der Waals surface area contributed by atoms with E-state index in [9.17, 15) is 19.5 Å². The number of ether oxygens (including phenoxy) is 3. The lowest BCUT2D eigenvalue weighted by Crippen LogP contribution is -2.38. The number of carbonyl (C=O) groups is 3. The van der Waals surface area contributed by atoms with Crippen LogP contribution in [-0.4, -0.2) is 48.2 Å². The monoisotopic (exact) mass is 572 g/mol. The number of methoxy groups -OCH3 is 2. The predicted molar refractivity (Wildman–Crippen MR) is 158 cm³/mol. The number of hydrogen-bond donors (Lipinski definition) is 1. The molecule has 0 aliphatic carbocycles. The van der Waals surface area contributed by atoms with Gasteiger partial charge in [0.15, 0.2) is 13.3 Å². The molecule has 1 heterocycles. The number of Topliss-reactive ketones (excluding diaryl/α,β-unsaturated/α-hetero) is 1. The number of benzene rings is 3. The molecule has 9 heteroatoms.